The number of nitrogens with one attached hydrogen (secondary N) is 2. The van der Waals surface area contributed by atoms with Gasteiger partial charge in [0.1, 0.15) is 0 Å². The Bertz CT molecular complexity index is 684. The Morgan fingerprint density at radius 3 is 3.00 bits per heavy atom. The molecule has 0 bridgehead atoms. The third-order valence-corrected chi connectivity index (χ3v) is 4.83. The van der Waals surface area contributed by atoms with Gasteiger partial charge in [-0.25, -0.2) is 14.6 Å². The Labute approximate surface area is 137 Å². The highest BCUT2D eigenvalue weighted by atomic mass is 32.1. The minimum absolute atomic E-state index is 0.146. The number of aromatic nitrogens is 1. The summed E-state index contributed by atoms with van der Waals surface area (Å²) in [6.45, 7) is 1.82. The molecule has 2 heterocycles. The zero-order valence-corrected chi connectivity index (χ0v) is 13.4. The number of carbonyl (C=O) groups is 2. The lowest BCUT2D eigenvalue weighted by molar-refractivity contribution is 0.176. The van der Waals surface area contributed by atoms with E-state index in [2.05, 4.69) is 15.6 Å². The van der Waals surface area contributed by atoms with Crippen LogP contribution in [0.5, 0.6) is 0 Å². The third-order valence-electron chi connectivity index (χ3n) is 3.88. The van der Waals surface area contributed by atoms with Crippen LogP contribution in [-0.2, 0) is 0 Å². The third kappa shape index (κ3) is 3.89. The van der Waals surface area contributed by atoms with Crippen LogP contribution < -0.4 is 16.4 Å². The van der Waals surface area contributed by atoms with E-state index in [4.69, 9.17) is 5.73 Å². The molecule has 23 heavy (non-hydrogen) atoms. The van der Waals surface area contributed by atoms with Crippen molar-refractivity contribution >= 4 is 38.7 Å². The molecule has 1 aromatic carbocycles. The van der Waals surface area contributed by atoms with E-state index in [0.29, 0.717) is 24.8 Å². The Morgan fingerprint density at radius 2 is 2.22 bits per heavy atom. The van der Waals surface area contributed by atoms with Gasteiger partial charge in [0.05, 0.1) is 10.2 Å². The van der Waals surface area contributed by atoms with Crippen LogP contribution in [0.4, 0.5) is 14.7 Å². The van der Waals surface area contributed by atoms with Gasteiger partial charge in [-0.2, -0.15) is 0 Å². The minimum atomic E-state index is -0.527. The van der Waals surface area contributed by atoms with Crippen LogP contribution in [0, 0.1) is 5.92 Å². The Morgan fingerprint density at radius 1 is 1.39 bits per heavy atom. The van der Waals surface area contributed by atoms with Crippen LogP contribution in [0.1, 0.15) is 12.8 Å². The predicted octanol–water partition coefficient (Wildman–Crippen LogP) is 2.21. The van der Waals surface area contributed by atoms with Gasteiger partial charge in [-0.3, -0.25) is 5.32 Å². The topological polar surface area (TPSA) is 100 Å². The first kappa shape index (κ1) is 15.5. The fourth-order valence-corrected chi connectivity index (χ4v) is 3.61. The summed E-state index contributed by atoms with van der Waals surface area (Å²) in [6.07, 6.45) is 1.89. The summed E-state index contributed by atoms with van der Waals surface area (Å²) in [6, 6.07) is 7.11. The zero-order valence-electron chi connectivity index (χ0n) is 12.6. The SMILES string of the molecule is NC(=O)NC[C@@H]1CCCN(C(=O)Nc2nc3ccccc3s2)C1. The number of primary amides is 1. The van der Waals surface area contributed by atoms with Crippen molar-refractivity contribution in [1.29, 1.82) is 0 Å². The maximum absolute atomic E-state index is 12.4. The molecule has 0 radical (unpaired) electrons. The lowest BCUT2D eigenvalue weighted by atomic mass is 9.98. The molecule has 3 rings (SSSR count). The van der Waals surface area contributed by atoms with Crippen LogP contribution in [0.2, 0.25) is 0 Å². The van der Waals surface area contributed by atoms with Gasteiger partial charge in [-0.05, 0) is 30.9 Å². The highest BCUT2D eigenvalue weighted by Crippen LogP contribution is 2.26. The number of hydrogen-bond acceptors (Lipinski definition) is 4. The number of fused-ring (bicyclic) bond motifs is 1. The zero-order chi connectivity index (χ0) is 16.2. The number of para-hydroxylation sites is 1. The lowest BCUT2D eigenvalue weighted by Gasteiger charge is -2.32. The second-order valence-corrected chi connectivity index (χ2v) is 6.65. The van der Waals surface area contributed by atoms with Crippen molar-refractivity contribution in [3.63, 3.8) is 0 Å². The number of rotatable bonds is 3. The van der Waals surface area contributed by atoms with Crippen LogP contribution in [-0.4, -0.2) is 41.6 Å². The lowest BCUT2D eigenvalue weighted by Crippen LogP contribution is -2.46. The number of amides is 4. The van der Waals surface area contributed by atoms with Gasteiger partial charge in [0.25, 0.3) is 0 Å². The Balaban J connectivity index is 1.59. The molecule has 8 heteroatoms. The average molecular weight is 333 g/mol. The highest BCUT2D eigenvalue weighted by molar-refractivity contribution is 7.22. The monoisotopic (exact) mass is 333 g/mol. The summed E-state index contributed by atoms with van der Waals surface area (Å²) in [7, 11) is 0. The van der Waals surface area contributed by atoms with E-state index >= 15 is 0 Å². The van der Waals surface area contributed by atoms with Crippen LogP contribution in [0.15, 0.2) is 24.3 Å². The molecule has 4 amide bonds. The van der Waals surface area contributed by atoms with Crippen molar-refractivity contribution in [1.82, 2.24) is 15.2 Å². The Kier molecular flexibility index (Phi) is 4.61. The molecule has 1 aliphatic heterocycles. The first-order valence-corrected chi connectivity index (χ1v) is 8.38. The van der Waals surface area contributed by atoms with Gasteiger partial charge in [0.2, 0.25) is 0 Å². The normalized spacial score (nSPS) is 17.9. The van der Waals surface area contributed by atoms with Gasteiger partial charge in [0, 0.05) is 19.6 Å². The summed E-state index contributed by atoms with van der Waals surface area (Å²) in [4.78, 5) is 29.4. The largest absolute Gasteiger partial charge is 0.352 e. The van der Waals surface area contributed by atoms with Crippen molar-refractivity contribution < 1.29 is 9.59 Å². The van der Waals surface area contributed by atoms with Crippen molar-refractivity contribution in [3.8, 4) is 0 Å². The summed E-state index contributed by atoms with van der Waals surface area (Å²) < 4.78 is 1.05. The molecule has 2 aromatic rings. The van der Waals surface area contributed by atoms with E-state index in [0.717, 1.165) is 23.1 Å². The molecule has 1 fully saturated rings. The highest BCUT2D eigenvalue weighted by Gasteiger charge is 2.24. The van der Waals surface area contributed by atoms with E-state index in [1.54, 1.807) is 4.90 Å². The molecule has 1 aromatic heterocycles. The molecule has 1 aliphatic rings. The van der Waals surface area contributed by atoms with E-state index in [9.17, 15) is 9.59 Å². The number of benzene rings is 1. The molecule has 122 valence electrons. The van der Waals surface area contributed by atoms with E-state index < -0.39 is 6.03 Å². The van der Waals surface area contributed by atoms with E-state index in [1.165, 1.54) is 11.3 Å². The van der Waals surface area contributed by atoms with Crippen molar-refractivity contribution in [3.05, 3.63) is 24.3 Å². The maximum atomic E-state index is 12.4. The number of nitrogens with zero attached hydrogens (tertiary/aromatic N) is 2. The van der Waals surface area contributed by atoms with Crippen LogP contribution in [0.25, 0.3) is 10.2 Å². The summed E-state index contributed by atoms with van der Waals surface area (Å²) >= 11 is 1.46. The fourth-order valence-electron chi connectivity index (χ4n) is 2.76. The van der Waals surface area contributed by atoms with E-state index in [1.807, 2.05) is 24.3 Å². The van der Waals surface area contributed by atoms with Gasteiger partial charge in [-0.1, -0.05) is 23.5 Å². The number of anilines is 1. The van der Waals surface area contributed by atoms with Gasteiger partial charge >= 0.3 is 12.1 Å². The maximum Gasteiger partial charge on any atom is 0.323 e. The number of nitrogens with two attached hydrogens (primary N) is 1. The number of thiazole rings is 1. The molecular formula is C15H19N5O2S. The molecule has 0 unspecified atom stereocenters. The molecule has 7 nitrogen and oxygen atoms in total. The summed E-state index contributed by atoms with van der Waals surface area (Å²) in [5.41, 5.74) is 5.98. The molecule has 4 N–H and O–H groups in total. The molecule has 1 atom stereocenters. The van der Waals surface area contributed by atoms with Crippen LogP contribution >= 0.6 is 11.3 Å². The van der Waals surface area contributed by atoms with Crippen molar-refractivity contribution in [2.75, 3.05) is 25.0 Å². The second kappa shape index (κ2) is 6.82. The average Bonchev–Trinajstić information content (AvgIpc) is 2.95. The number of carbonyl (C=O) groups excluding carboxylic acids is 2. The van der Waals surface area contributed by atoms with Gasteiger partial charge in [-0.15, -0.1) is 0 Å². The smallest absolute Gasteiger partial charge is 0.323 e. The second-order valence-electron chi connectivity index (χ2n) is 5.62. The molecule has 0 spiro atoms. The fraction of sp³-hybridized carbons (Fsp3) is 0.400. The molecule has 0 aliphatic carbocycles. The standard InChI is InChI=1S/C15H19N5O2S/c16-13(21)17-8-10-4-3-7-20(9-10)15(22)19-14-18-11-5-1-2-6-12(11)23-14/h1-2,5-6,10H,3-4,7-9H2,(H3,16,17,21)(H,18,19,22)/t10-/m0/s1. The summed E-state index contributed by atoms with van der Waals surface area (Å²) in [5, 5.41) is 6.09. The number of likely N-dealkylation sites (tertiary alicyclic amines) is 1. The number of urea groups is 2. The first-order valence-electron chi connectivity index (χ1n) is 7.56. The summed E-state index contributed by atoms with van der Waals surface area (Å²) in [5.74, 6) is 0.234. The molecule has 0 saturated carbocycles. The van der Waals surface area contributed by atoms with Crippen molar-refractivity contribution in [2.45, 2.75) is 12.8 Å². The first-order chi connectivity index (χ1) is 11.1. The predicted molar refractivity (Wildman–Crippen MR) is 90.5 cm³/mol. The Hall–Kier alpha value is -2.35. The quantitative estimate of drug-likeness (QED) is 0.802. The van der Waals surface area contributed by atoms with E-state index in [-0.39, 0.29) is 11.9 Å². The van der Waals surface area contributed by atoms with Gasteiger partial charge in [0.15, 0.2) is 5.13 Å². The molecule has 1 saturated heterocycles. The van der Waals surface area contributed by atoms with Gasteiger partial charge < -0.3 is 16.0 Å². The minimum Gasteiger partial charge on any atom is -0.352 e. The van der Waals surface area contributed by atoms with Crippen molar-refractivity contribution in [2.24, 2.45) is 11.7 Å². The number of piperidine rings is 1. The molecular weight excluding hydrogens is 314 g/mol. The number of hydrogen-bond donors (Lipinski definition) is 3. The van der Waals surface area contributed by atoms with Crippen LogP contribution in [0.3, 0.4) is 0 Å².